The maximum Gasteiger partial charge on any atom is 0.219 e. The summed E-state index contributed by atoms with van der Waals surface area (Å²) in [6.07, 6.45) is 2.99. The van der Waals surface area contributed by atoms with E-state index in [1.165, 1.54) is 5.56 Å². The van der Waals surface area contributed by atoms with E-state index >= 15 is 0 Å². The Morgan fingerprint density at radius 2 is 2.10 bits per heavy atom. The number of pyridine rings is 1. The van der Waals surface area contributed by atoms with E-state index in [0.29, 0.717) is 5.88 Å². The topological polar surface area (TPSA) is 34.1 Å². The van der Waals surface area contributed by atoms with E-state index in [0.717, 1.165) is 35.3 Å². The van der Waals surface area contributed by atoms with Crippen LogP contribution in [-0.2, 0) is 6.54 Å². The summed E-state index contributed by atoms with van der Waals surface area (Å²) in [5, 5.41) is 3.35. The highest BCUT2D eigenvalue weighted by atomic mass is 79.9. The molecule has 0 aliphatic heterocycles. The summed E-state index contributed by atoms with van der Waals surface area (Å²) in [6, 6.07) is 9.88. The molecule has 1 aromatic heterocycles. The van der Waals surface area contributed by atoms with Gasteiger partial charge in [0.05, 0.1) is 0 Å². The van der Waals surface area contributed by atoms with Crippen molar-refractivity contribution >= 4 is 15.9 Å². The fourth-order valence-corrected chi connectivity index (χ4v) is 2.30. The quantitative estimate of drug-likeness (QED) is 0.792. The maximum atomic E-state index is 5.79. The highest BCUT2D eigenvalue weighted by molar-refractivity contribution is 9.10. The first kappa shape index (κ1) is 15.0. The van der Waals surface area contributed by atoms with E-state index in [4.69, 9.17) is 4.74 Å². The van der Waals surface area contributed by atoms with Crippen LogP contribution in [0.2, 0.25) is 0 Å². The smallest absolute Gasteiger partial charge is 0.219 e. The van der Waals surface area contributed by atoms with Gasteiger partial charge in [0.2, 0.25) is 5.88 Å². The number of ether oxygens (including phenoxy) is 1. The zero-order chi connectivity index (χ0) is 14.4. The Balaban J connectivity index is 1.99. The molecule has 0 unspecified atom stereocenters. The highest BCUT2D eigenvalue weighted by Crippen LogP contribution is 2.26. The Morgan fingerprint density at radius 1 is 1.25 bits per heavy atom. The van der Waals surface area contributed by atoms with Crippen molar-refractivity contribution in [2.24, 2.45) is 0 Å². The number of aromatic nitrogens is 1. The van der Waals surface area contributed by atoms with Crippen molar-refractivity contribution in [2.45, 2.75) is 26.8 Å². The lowest BCUT2D eigenvalue weighted by Crippen LogP contribution is -2.13. The molecule has 1 aromatic carbocycles. The van der Waals surface area contributed by atoms with Gasteiger partial charge in [-0.2, -0.15) is 0 Å². The number of nitrogens with zero attached hydrogens (tertiary/aromatic N) is 1. The third kappa shape index (κ3) is 4.32. The largest absolute Gasteiger partial charge is 0.439 e. The van der Waals surface area contributed by atoms with Crippen LogP contribution < -0.4 is 10.1 Å². The van der Waals surface area contributed by atoms with Gasteiger partial charge in [0.1, 0.15) is 5.75 Å². The van der Waals surface area contributed by atoms with Crippen LogP contribution in [0.15, 0.2) is 41.0 Å². The molecule has 0 saturated heterocycles. The average molecular weight is 335 g/mol. The number of halogens is 1. The fourth-order valence-electron chi connectivity index (χ4n) is 1.83. The molecule has 4 heteroatoms. The third-order valence-electron chi connectivity index (χ3n) is 2.91. The van der Waals surface area contributed by atoms with Gasteiger partial charge in [-0.3, -0.25) is 0 Å². The van der Waals surface area contributed by atoms with Crippen molar-refractivity contribution in [2.75, 3.05) is 6.54 Å². The summed E-state index contributed by atoms with van der Waals surface area (Å²) < 4.78 is 6.84. The minimum Gasteiger partial charge on any atom is -0.439 e. The molecule has 2 aromatic rings. The van der Waals surface area contributed by atoms with E-state index < -0.39 is 0 Å². The summed E-state index contributed by atoms with van der Waals surface area (Å²) >= 11 is 3.44. The van der Waals surface area contributed by atoms with Gasteiger partial charge in [-0.05, 0) is 49.2 Å². The second-order valence-corrected chi connectivity index (χ2v) is 5.61. The zero-order valence-electron chi connectivity index (χ0n) is 11.8. The Bertz CT molecular complexity index is 555. The number of rotatable bonds is 6. The Labute approximate surface area is 128 Å². The molecule has 0 bridgehead atoms. The van der Waals surface area contributed by atoms with Crippen molar-refractivity contribution in [3.63, 3.8) is 0 Å². The van der Waals surface area contributed by atoms with Crippen molar-refractivity contribution in [3.05, 3.63) is 52.1 Å². The number of hydrogen-bond acceptors (Lipinski definition) is 3. The van der Waals surface area contributed by atoms with Gasteiger partial charge in [0, 0.05) is 23.3 Å². The molecule has 0 atom stereocenters. The molecular formula is C16H19BrN2O. The van der Waals surface area contributed by atoms with E-state index in [1.54, 1.807) is 0 Å². The van der Waals surface area contributed by atoms with Crippen molar-refractivity contribution in [3.8, 4) is 11.6 Å². The molecule has 0 aliphatic carbocycles. The normalized spacial score (nSPS) is 10.6. The lowest BCUT2D eigenvalue weighted by Gasteiger charge is -2.09. The Morgan fingerprint density at radius 3 is 2.75 bits per heavy atom. The minimum absolute atomic E-state index is 0.620. The SMILES string of the molecule is CCCNCc1ccc(Oc2ccc(Br)cc2C)nc1. The number of aryl methyl sites for hydroxylation is 1. The minimum atomic E-state index is 0.620. The van der Waals surface area contributed by atoms with Gasteiger partial charge in [-0.25, -0.2) is 4.98 Å². The van der Waals surface area contributed by atoms with E-state index in [-0.39, 0.29) is 0 Å². The van der Waals surface area contributed by atoms with Gasteiger partial charge >= 0.3 is 0 Å². The zero-order valence-corrected chi connectivity index (χ0v) is 13.4. The number of hydrogen-bond donors (Lipinski definition) is 1. The molecule has 0 saturated carbocycles. The van der Waals surface area contributed by atoms with Crippen molar-refractivity contribution in [1.82, 2.24) is 10.3 Å². The summed E-state index contributed by atoms with van der Waals surface area (Å²) in [5.41, 5.74) is 2.24. The van der Waals surface area contributed by atoms with Gasteiger partial charge in [-0.15, -0.1) is 0 Å². The second kappa shape index (κ2) is 7.41. The van der Waals surface area contributed by atoms with Crippen LogP contribution in [-0.4, -0.2) is 11.5 Å². The lowest BCUT2D eigenvalue weighted by atomic mass is 10.2. The van der Waals surface area contributed by atoms with E-state index in [1.807, 2.05) is 43.5 Å². The van der Waals surface area contributed by atoms with Crippen LogP contribution in [0.1, 0.15) is 24.5 Å². The molecule has 20 heavy (non-hydrogen) atoms. The average Bonchev–Trinajstić information content (AvgIpc) is 2.44. The second-order valence-electron chi connectivity index (χ2n) is 4.69. The van der Waals surface area contributed by atoms with Crippen LogP contribution in [0.4, 0.5) is 0 Å². The van der Waals surface area contributed by atoms with Crippen molar-refractivity contribution < 1.29 is 4.74 Å². The molecule has 0 amide bonds. The van der Waals surface area contributed by atoms with Crippen LogP contribution >= 0.6 is 15.9 Å². The summed E-state index contributed by atoms with van der Waals surface area (Å²) in [6.45, 7) is 6.04. The predicted octanol–water partition coefficient (Wildman–Crippen LogP) is 4.44. The first-order chi connectivity index (χ1) is 9.69. The molecule has 0 fully saturated rings. The standard InChI is InChI=1S/C16H19BrN2O/c1-3-8-18-10-13-4-7-16(19-11-13)20-15-6-5-14(17)9-12(15)2/h4-7,9,11,18H,3,8,10H2,1-2H3. The first-order valence-corrected chi connectivity index (χ1v) is 7.58. The fraction of sp³-hybridized carbons (Fsp3) is 0.312. The van der Waals surface area contributed by atoms with Gasteiger partial charge < -0.3 is 10.1 Å². The molecule has 3 nitrogen and oxygen atoms in total. The Kier molecular flexibility index (Phi) is 5.56. The number of nitrogens with one attached hydrogen (secondary N) is 1. The van der Waals surface area contributed by atoms with Crippen LogP contribution in [0, 0.1) is 6.92 Å². The molecule has 2 rings (SSSR count). The molecule has 106 valence electrons. The van der Waals surface area contributed by atoms with Crippen LogP contribution in [0.3, 0.4) is 0 Å². The summed E-state index contributed by atoms with van der Waals surface area (Å²) in [5.74, 6) is 1.45. The van der Waals surface area contributed by atoms with Crippen LogP contribution in [0.25, 0.3) is 0 Å². The van der Waals surface area contributed by atoms with Gasteiger partial charge in [0.15, 0.2) is 0 Å². The molecule has 0 radical (unpaired) electrons. The molecule has 1 heterocycles. The van der Waals surface area contributed by atoms with Gasteiger partial charge in [0.25, 0.3) is 0 Å². The molecule has 0 aliphatic rings. The molecule has 1 N–H and O–H groups in total. The lowest BCUT2D eigenvalue weighted by molar-refractivity contribution is 0.458. The van der Waals surface area contributed by atoms with Gasteiger partial charge in [-0.1, -0.05) is 28.9 Å². The van der Waals surface area contributed by atoms with E-state index in [2.05, 4.69) is 33.2 Å². The third-order valence-corrected chi connectivity index (χ3v) is 3.40. The number of benzene rings is 1. The predicted molar refractivity (Wildman–Crippen MR) is 85.2 cm³/mol. The maximum absolute atomic E-state index is 5.79. The van der Waals surface area contributed by atoms with E-state index in [9.17, 15) is 0 Å². The summed E-state index contributed by atoms with van der Waals surface area (Å²) in [7, 11) is 0. The van der Waals surface area contributed by atoms with Crippen LogP contribution in [0.5, 0.6) is 11.6 Å². The monoisotopic (exact) mass is 334 g/mol. The molecular weight excluding hydrogens is 316 g/mol. The Hall–Kier alpha value is -1.39. The highest BCUT2D eigenvalue weighted by Gasteiger charge is 2.03. The first-order valence-electron chi connectivity index (χ1n) is 6.78. The summed E-state index contributed by atoms with van der Waals surface area (Å²) in [4.78, 5) is 4.34. The van der Waals surface area contributed by atoms with Crippen molar-refractivity contribution in [1.29, 1.82) is 0 Å². The molecule has 0 spiro atoms.